The Balaban J connectivity index is 1.60. The predicted molar refractivity (Wildman–Crippen MR) is 103 cm³/mol. The number of carbonyl (C=O) groups is 1. The SMILES string of the molecule is C=CC[N+]1(CC2CC2)CC[C@]23c4c5ccc(O)c4O[C@H]2C(=O)CC[C@@]3(O)[C@H]1C5. The molecule has 5 aliphatic rings. The van der Waals surface area contributed by atoms with Crippen molar-refractivity contribution in [3.05, 3.63) is 35.9 Å². The van der Waals surface area contributed by atoms with Gasteiger partial charge in [-0.3, -0.25) is 4.79 Å². The number of quaternary nitrogens is 1. The van der Waals surface area contributed by atoms with Crippen LogP contribution in [0.25, 0.3) is 0 Å². The maximum absolute atomic E-state index is 12.9. The van der Waals surface area contributed by atoms with Crippen molar-refractivity contribution in [2.24, 2.45) is 5.92 Å². The first-order valence-corrected chi connectivity index (χ1v) is 10.7. The number of piperidine rings is 1. The minimum atomic E-state index is -0.978. The van der Waals surface area contributed by atoms with Gasteiger partial charge in [-0.1, -0.05) is 12.6 Å². The molecule has 6 rings (SSSR count). The lowest BCUT2D eigenvalue weighted by molar-refractivity contribution is -0.962. The molecule has 28 heavy (non-hydrogen) atoms. The molecular formula is C23H28NO4+. The number of nitrogens with zero attached hydrogens (tertiary/aromatic N) is 1. The van der Waals surface area contributed by atoms with Crippen LogP contribution in [0.2, 0.25) is 0 Å². The average Bonchev–Trinajstić information content (AvgIpc) is 3.39. The summed E-state index contributed by atoms with van der Waals surface area (Å²) in [5, 5.41) is 22.8. The van der Waals surface area contributed by atoms with Gasteiger partial charge < -0.3 is 19.4 Å². The largest absolute Gasteiger partial charge is 0.504 e. The summed E-state index contributed by atoms with van der Waals surface area (Å²) >= 11 is 0. The van der Waals surface area contributed by atoms with Crippen LogP contribution in [0.4, 0.5) is 0 Å². The molecule has 3 fully saturated rings. The zero-order valence-electron chi connectivity index (χ0n) is 16.2. The number of hydrogen-bond acceptors (Lipinski definition) is 4. The van der Waals surface area contributed by atoms with Crippen molar-refractivity contribution in [3.8, 4) is 11.5 Å². The Hall–Kier alpha value is -1.85. The van der Waals surface area contributed by atoms with Crippen LogP contribution in [0.5, 0.6) is 11.5 Å². The average molecular weight is 382 g/mol. The van der Waals surface area contributed by atoms with E-state index in [1.807, 2.05) is 12.1 Å². The second-order valence-corrected chi connectivity index (χ2v) is 9.82. The van der Waals surface area contributed by atoms with E-state index in [-0.39, 0.29) is 17.6 Å². The minimum Gasteiger partial charge on any atom is -0.504 e. The van der Waals surface area contributed by atoms with E-state index in [0.717, 1.165) is 54.0 Å². The van der Waals surface area contributed by atoms with Crippen molar-refractivity contribution in [1.82, 2.24) is 0 Å². The zero-order valence-corrected chi connectivity index (χ0v) is 16.2. The molecule has 2 heterocycles. The van der Waals surface area contributed by atoms with E-state index in [1.165, 1.54) is 12.8 Å². The molecule has 5 nitrogen and oxygen atoms in total. The summed E-state index contributed by atoms with van der Waals surface area (Å²) in [6.45, 7) is 6.92. The van der Waals surface area contributed by atoms with Crippen LogP contribution in [0, 0.1) is 5.92 Å². The molecule has 1 aromatic carbocycles. The standard InChI is InChI=1S/C23H27NO4/c1-2-10-24(13-14-3-4-14)11-9-22-19-15-5-6-16(25)20(19)28-21(22)17(26)7-8-23(22,27)18(24)12-15/h2,5-6,14,18,21,27H,1,3-4,7-13H2/p+1/t18-,21+,22+,23-,24?/m1/s1. The summed E-state index contributed by atoms with van der Waals surface area (Å²) in [6.07, 6.45) is 6.25. The first-order valence-electron chi connectivity index (χ1n) is 10.7. The summed E-state index contributed by atoms with van der Waals surface area (Å²) in [4.78, 5) is 12.9. The molecule has 2 aliphatic heterocycles. The summed E-state index contributed by atoms with van der Waals surface area (Å²) in [5.74, 6) is 1.35. The molecular weight excluding hydrogens is 354 g/mol. The fraction of sp³-hybridized carbons (Fsp3) is 0.609. The number of phenolic OH excluding ortho intramolecular Hbond substituents is 1. The zero-order chi connectivity index (χ0) is 19.3. The van der Waals surface area contributed by atoms with Crippen LogP contribution in [-0.4, -0.2) is 57.9 Å². The molecule has 1 aromatic rings. The van der Waals surface area contributed by atoms with Crippen LogP contribution >= 0.6 is 0 Å². The Morgan fingerprint density at radius 2 is 2.14 bits per heavy atom. The molecule has 0 amide bonds. The van der Waals surface area contributed by atoms with E-state index < -0.39 is 17.1 Å². The van der Waals surface area contributed by atoms with Crippen LogP contribution < -0.4 is 4.74 Å². The number of hydrogen-bond donors (Lipinski definition) is 2. The monoisotopic (exact) mass is 382 g/mol. The fourth-order valence-electron chi connectivity index (χ4n) is 7.29. The molecule has 1 saturated heterocycles. The quantitative estimate of drug-likeness (QED) is 0.619. The molecule has 148 valence electrons. The molecule has 1 spiro atoms. The number of aliphatic hydroxyl groups is 1. The summed E-state index contributed by atoms with van der Waals surface area (Å²) < 4.78 is 7.00. The van der Waals surface area contributed by atoms with Crippen LogP contribution in [0.15, 0.2) is 24.8 Å². The highest BCUT2D eigenvalue weighted by molar-refractivity contribution is 5.90. The Labute approximate surface area is 165 Å². The van der Waals surface area contributed by atoms with Crippen LogP contribution in [-0.2, 0) is 16.6 Å². The maximum atomic E-state index is 12.9. The smallest absolute Gasteiger partial charge is 0.174 e. The summed E-state index contributed by atoms with van der Waals surface area (Å²) in [6, 6.07) is 3.72. The third-order valence-corrected chi connectivity index (χ3v) is 8.56. The number of ketones is 1. The van der Waals surface area contributed by atoms with E-state index in [4.69, 9.17) is 4.74 Å². The molecule has 2 saturated carbocycles. The summed E-state index contributed by atoms with van der Waals surface area (Å²) in [7, 11) is 0. The van der Waals surface area contributed by atoms with E-state index >= 15 is 0 Å². The lowest BCUT2D eigenvalue weighted by Gasteiger charge is -2.65. The van der Waals surface area contributed by atoms with Crippen LogP contribution in [0.1, 0.15) is 43.2 Å². The fourth-order valence-corrected chi connectivity index (χ4v) is 7.29. The van der Waals surface area contributed by atoms with Crippen molar-refractivity contribution >= 4 is 5.78 Å². The number of benzene rings is 1. The maximum Gasteiger partial charge on any atom is 0.174 e. The van der Waals surface area contributed by atoms with Crippen molar-refractivity contribution in [3.63, 3.8) is 0 Å². The highest BCUT2D eigenvalue weighted by Gasteiger charge is 2.76. The van der Waals surface area contributed by atoms with Gasteiger partial charge in [-0.05, 0) is 37.0 Å². The van der Waals surface area contributed by atoms with Gasteiger partial charge in [-0.25, -0.2) is 0 Å². The Bertz CT molecular complexity index is 908. The Morgan fingerprint density at radius 3 is 2.89 bits per heavy atom. The van der Waals surface area contributed by atoms with E-state index in [0.29, 0.717) is 18.6 Å². The van der Waals surface area contributed by atoms with Gasteiger partial charge in [0.2, 0.25) is 0 Å². The number of carbonyl (C=O) groups excluding carboxylic acids is 1. The van der Waals surface area contributed by atoms with E-state index in [2.05, 4.69) is 6.58 Å². The lowest BCUT2D eigenvalue weighted by Crippen LogP contribution is -2.81. The highest BCUT2D eigenvalue weighted by atomic mass is 16.5. The van der Waals surface area contributed by atoms with Crippen molar-refractivity contribution in [1.29, 1.82) is 0 Å². The molecule has 0 radical (unpaired) electrons. The molecule has 1 unspecified atom stereocenters. The van der Waals surface area contributed by atoms with Crippen molar-refractivity contribution < 1.29 is 24.2 Å². The molecule has 0 aromatic heterocycles. The minimum absolute atomic E-state index is 0.0436. The van der Waals surface area contributed by atoms with E-state index in [1.54, 1.807) is 6.07 Å². The van der Waals surface area contributed by atoms with Gasteiger partial charge in [0.25, 0.3) is 0 Å². The van der Waals surface area contributed by atoms with Gasteiger partial charge in [0.15, 0.2) is 23.4 Å². The molecule has 5 atom stereocenters. The van der Waals surface area contributed by atoms with Gasteiger partial charge in [-0.15, -0.1) is 0 Å². The normalized spacial score (nSPS) is 42.7. The molecule has 5 heteroatoms. The number of rotatable bonds is 4. The van der Waals surface area contributed by atoms with Gasteiger partial charge in [0.1, 0.15) is 11.6 Å². The van der Waals surface area contributed by atoms with Gasteiger partial charge in [0.05, 0.1) is 25.0 Å². The first kappa shape index (κ1) is 17.0. The lowest BCUT2D eigenvalue weighted by atomic mass is 9.48. The predicted octanol–water partition coefficient (Wildman–Crippen LogP) is 2.23. The number of ether oxygens (including phenoxy) is 1. The van der Waals surface area contributed by atoms with Gasteiger partial charge in [0, 0.05) is 30.7 Å². The van der Waals surface area contributed by atoms with Gasteiger partial charge in [-0.2, -0.15) is 0 Å². The topological polar surface area (TPSA) is 66.8 Å². The number of Topliss-reactive ketones (excluding diaryl/α,β-unsaturated/α-hetero) is 1. The van der Waals surface area contributed by atoms with Crippen molar-refractivity contribution in [2.75, 3.05) is 19.6 Å². The molecule has 2 N–H and O–H groups in total. The molecule has 2 bridgehead atoms. The number of phenols is 1. The van der Waals surface area contributed by atoms with Crippen LogP contribution in [0.3, 0.4) is 0 Å². The number of aromatic hydroxyl groups is 1. The second kappa shape index (κ2) is 5.19. The third-order valence-electron chi connectivity index (χ3n) is 8.56. The summed E-state index contributed by atoms with van der Waals surface area (Å²) in [5.41, 5.74) is 0.378. The van der Waals surface area contributed by atoms with Crippen molar-refractivity contribution in [2.45, 2.75) is 61.7 Å². The first-order chi connectivity index (χ1) is 13.5. The molecule has 3 aliphatic carbocycles. The van der Waals surface area contributed by atoms with E-state index in [9.17, 15) is 15.0 Å². The Kier molecular flexibility index (Phi) is 3.16. The Morgan fingerprint density at radius 1 is 1.32 bits per heavy atom. The third kappa shape index (κ3) is 1.79. The van der Waals surface area contributed by atoms with Gasteiger partial charge >= 0.3 is 0 Å². The second-order valence-electron chi connectivity index (χ2n) is 9.82. The number of likely N-dealkylation sites (tertiary alicyclic amines) is 1. The highest BCUT2D eigenvalue weighted by Crippen LogP contribution is 2.66.